The van der Waals surface area contributed by atoms with E-state index in [1.54, 1.807) is 25.1 Å². The summed E-state index contributed by atoms with van der Waals surface area (Å²) in [5.41, 5.74) is 2.24. The van der Waals surface area contributed by atoms with Gasteiger partial charge in [-0.3, -0.25) is 4.79 Å². The smallest absolute Gasteiger partial charge is 0.460 e. The lowest BCUT2D eigenvalue weighted by atomic mass is 9.75. The Bertz CT molecular complexity index is 1700. The highest BCUT2D eigenvalue weighted by Crippen LogP contribution is 2.38. The van der Waals surface area contributed by atoms with Crippen molar-refractivity contribution < 1.29 is 27.3 Å². The van der Waals surface area contributed by atoms with Gasteiger partial charge >= 0.3 is 13.3 Å². The van der Waals surface area contributed by atoms with Crippen molar-refractivity contribution in [1.82, 2.24) is 4.98 Å². The van der Waals surface area contributed by atoms with Crippen molar-refractivity contribution in [2.24, 2.45) is 0 Å². The molecule has 2 aromatic carbocycles. The molecule has 5 rings (SSSR count). The molecular formula is C29H27BClF3N2O4. The van der Waals surface area contributed by atoms with Crippen molar-refractivity contribution in [3.63, 3.8) is 0 Å². The molecule has 208 valence electrons. The van der Waals surface area contributed by atoms with E-state index < -0.39 is 24.9 Å². The molecular weight excluding hydrogens is 544 g/mol. The minimum Gasteiger partial charge on any atom is -0.460 e. The second-order valence-corrected chi connectivity index (χ2v) is 10.8. The first-order valence-corrected chi connectivity index (χ1v) is 13.2. The molecule has 40 heavy (non-hydrogen) atoms. The van der Waals surface area contributed by atoms with Crippen LogP contribution in [0.5, 0.6) is 0 Å². The fourth-order valence-corrected chi connectivity index (χ4v) is 5.43. The van der Waals surface area contributed by atoms with Gasteiger partial charge in [-0.25, -0.2) is 4.98 Å². The van der Waals surface area contributed by atoms with Gasteiger partial charge in [0, 0.05) is 22.6 Å². The van der Waals surface area contributed by atoms with E-state index >= 15 is 0 Å². The number of halogens is 4. The van der Waals surface area contributed by atoms with Crippen molar-refractivity contribution in [1.29, 1.82) is 0 Å². The third-order valence-corrected chi connectivity index (χ3v) is 7.35. The van der Waals surface area contributed by atoms with Crippen molar-refractivity contribution in [3.05, 3.63) is 85.4 Å². The van der Waals surface area contributed by atoms with E-state index in [1.807, 2.05) is 33.8 Å². The summed E-state index contributed by atoms with van der Waals surface area (Å²) < 4.78 is 53.4. The number of hydrogen-bond acceptors (Lipinski definition) is 6. The number of aromatic nitrogens is 1. The van der Waals surface area contributed by atoms with Crippen LogP contribution in [0.1, 0.15) is 66.3 Å². The molecule has 0 fully saturated rings. The predicted molar refractivity (Wildman–Crippen MR) is 150 cm³/mol. The lowest BCUT2D eigenvalue weighted by Crippen LogP contribution is -2.34. The number of nitrogens with zero attached hydrogens (tertiary/aromatic N) is 1. The SMILES string of the molecule is Cc1cc([C@H](C)Nc2ccc(Cl)nc2-c2cc3c(c(C(F)(F)F)c2)B(O)OC3)c2oc(C(C)C)c(C)c(=O)c2c1. The molecule has 0 saturated carbocycles. The monoisotopic (exact) mass is 570 g/mol. The minimum atomic E-state index is -4.72. The van der Waals surface area contributed by atoms with Crippen molar-refractivity contribution >= 4 is 40.8 Å². The van der Waals surface area contributed by atoms with E-state index in [0.717, 1.165) is 17.2 Å². The molecule has 1 aliphatic rings. The quantitative estimate of drug-likeness (QED) is 0.206. The van der Waals surface area contributed by atoms with Gasteiger partial charge < -0.3 is 19.4 Å². The maximum atomic E-state index is 14.0. The largest absolute Gasteiger partial charge is 0.492 e. The average molecular weight is 571 g/mol. The summed E-state index contributed by atoms with van der Waals surface area (Å²) in [5, 5.41) is 13.9. The van der Waals surface area contributed by atoms with Gasteiger partial charge in [-0.05, 0) is 67.7 Å². The average Bonchev–Trinajstić information content (AvgIpc) is 3.26. The lowest BCUT2D eigenvalue weighted by Gasteiger charge is -2.21. The number of alkyl halides is 3. The van der Waals surface area contributed by atoms with Crippen LogP contribution in [0.2, 0.25) is 5.15 Å². The molecule has 1 aliphatic heterocycles. The van der Waals surface area contributed by atoms with Gasteiger partial charge in [0.15, 0.2) is 5.43 Å². The van der Waals surface area contributed by atoms with E-state index in [-0.39, 0.29) is 45.4 Å². The first-order chi connectivity index (χ1) is 18.8. The lowest BCUT2D eigenvalue weighted by molar-refractivity contribution is -0.136. The molecule has 0 bridgehead atoms. The molecule has 11 heteroatoms. The Labute approximate surface area is 234 Å². The van der Waals surface area contributed by atoms with Gasteiger partial charge in [-0.2, -0.15) is 13.2 Å². The Morgan fingerprint density at radius 1 is 1.12 bits per heavy atom. The van der Waals surface area contributed by atoms with E-state index in [4.69, 9.17) is 20.7 Å². The Hall–Kier alpha value is -3.34. The van der Waals surface area contributed by atoms with Gasteiger partial charge in [0.2, 0.25) is 0 Å². The summed E-state index contributed by atoms with van der Waals surface area (Å²) in [5.74, 6) is 0.595. The fourth-order valence-electron chi connectivity index (χ4n) is 5.29. The predicted octanol–water partition coefficient (Wildman–Crippen LogP) is 6.66. The second kappa shape index (κ2) is 10.2. The molecule has 6 nitrogen and oxygen atoms in total. The summed E-state index contributed by atoms with van der Waals surface area (Å²) in [6.07, 6.45) is -4.72. The molecule has 1 atom stereocenters. The molecule has 2 aromatic heterocycles. The second-order valence-electron chi connectivity index (χ2n) is 10.5. The number of rotatable bonds is 5. The third-order valence-electron chi connectivity index (χ3n) is 7.14. The molecule has 0 radical (unpaired) electrons. The van der Waals surface area contributed by atoms with Crippen LogP contribution < -0.4 is 16.2 Å². The topological polar surface area (TPSA) is 84.6 Å². The van der Waals surface area contributed by atoms with Crippen molar-refractivity contribution in [2.75, 3.05) is 5.32 Å². The van der Waals surface area contributed by atoms with Crippen molar-refractivity contribution in [3.8, 4) is 11.3 Å². The van der Waals surface area contributed by atoms with Gasteiger partial charge in [0.05, 0.1) is 35.0 Å². The zero-order valence-corrected chi connectivity index (χ0v) is 23.3. The summed E-state index contributed by atoms with van der Waals surface area (Å²) >= 11 is 6.19. The molecule has 2 N–H and O–H groups in total. The zero-order valence-electron chi connectivity index (χ0n) is 22.5. The Morgan fingerprint density at radius 2 is 1.85 bits per heavy atom. The highest BCUT2D eigenvalue weighted by molar-refractivity contribution is 6.62. The number of anilines is 1. The van der Waals surface area contributed by atoms with Crippen LogP contribution in [0.3, 0.4) is 0 Å². The molecule has 3 heterocycles. The number of pyridine rings is 1. The summed E-state index contributed by atoms with van der Waals surface area (Å²) in [6, 6.07) is 8.93. The number of benzene rings is 2. The normalized spacial score (nSPS) is 14.2. The number of nitrogens with one attached hydrogen (secondary N) is 1. The molecule has 0 spiro atoms. The number of aryl methyl sites for hydroxylation is 1. The molecule has 4 aromatic rings. The maximum absolute atomic E-state index is 14.0. The van der Waals surface area contributed by atoms with Crippen LogP contribution in [-0.2, 0) is 17.4 Å². The van der Waals surface area contributed by atoms with Crippen LogP contribution in [0.25, 0.3) is 22.2 Å². The summed E-state index contributed by atoms with van der Waals surface area (Å²) in [7, 11) is -1.66. The number of hydrogen-bond donors (Lipinski definition) is 2. The molecule has 0 amide bonds. The van der Waals surface area contributed by atoms with E-state index in [1.165, 1.54) is 6.07 Å². The standard InChI is InChI=1S/C29H27BClF3N2O4/c1-13(2)27-15(4)26(37)20-9-14(3)8-19(28(20)40-27)16(5)35-22-6-7-23(31)36-25(22)17-10-18-12-39-30(38)24(18)21(11-17)29(32,33)34/h6-11,13,16,35,38H,12H2,1-5H3/t16-/m0/s1. The molecule has 0 unspecified atom stereocenters. The maximum Gasteiger partial charge on any atom is 0.492 e. The van der Waals surface area contributed by atoms with Crippen LogP contribution in [0.15, 0.2) is 45.6 Å². The Morgan fingerprint density at radius 3 is 2.52 bits per heavy atom. The van der Waals surface area contributed by atoms with E-state index in [9.17, 15) is 23.0 Å². The summed E-state index contributed by atoms with van der Waals surface area (Å²) in [4.78, 5) is 17.6. The first kappa shape index (κ1) is 28.2. The van der Waals surface area contributed by atoms with Gasteiger partial charge in [-0.15, -0.1) is 0 Å². The van der Waals surface area contributed by atoms with Crippen molar-refractivity contribution in [2.45, 2.75) is 59.4 Å². The highest BCUT2D eigenvalue weighted by atomic mass is 35.5. The highest BCUT2D eigenvalue weighted by Gasteiger charge is 2.42. The molecule has 0 aliphatic carbocycles. The minimum absolute atomic E-state index is 0.00767. The van der Waals surface area contributed by atoms with Gasteiger partial charge in [-0.1, -0.05) is 31.5 Å². The van der Waals surface area contributed by atoms with E-state index in [2.05, 4.69) is 10.3 Å². The van der Waals surface area contributed by atoms with E-state index in [0.29, 0.717) is 28.0 Å². The zero-order chi connectivity index (χ0) is 29.1. The van der Waals surface area contributed by atoms with Gasteiger partial charge in [0.1, 0.15) is 16.5 Å². The van der Waals surface area contributed by atoms with Gasteiger partial charge in [0.25, 0.3) is 0 Å². The van der Waals surface area contributed by atoms with Crippen LogP contribution in [-0.4, -0.2) is 17.1 Å². The summed E-state index contributed by atoms with van der Waals surface area (Å²) in [6.45, 7) is 9.25. The fraction of sp³-hybridized carbons (Fsp3) is 0.310. The number of fused-ring (bicyclic) bond motifs is 2. The molecule has 0 saturated heterocycles. The first-order valence-electron chi connectivity index (χ1n) is 12.8. The Kier molecular flexibility index (Phi) is 7.23. The Balaban J connectivity index is 1.64. The third kappa shape index (κ3) is 5.00. The van der Waals surface area contributed by atoms with Crippen LogP contribution in [0.4, 0.5) is 18.9 Å². The van der Waals surface area contributed by atoms with Crippen LogP contribution >= 0.6 is 11.6 Å². The van der Waals surface area contributed by atoms with Crippen LogP contribution in [0, 0.1) is 13.8 Å².